The van der Waals surface area contributed by atoms with Gasteiger partial charge in [-0.15, -0.1) is 0 Å². The Labute approximate surface area is 146 Å². The van der Waals surface area contributed by atoms with Crippen LogP contribution in [0.5, 0.6) is 28.7 Å². The van der Waals surface area contributed by atoms with E-state index in [1.54, 1.807) is 30.3 Å². The monoisotopic (exact) mass is 344 g/mol. The summed E-state index contributed by atoms with van der Waals surface area (Å²) in [7, 11) is 3.00. The van der Waals surface area contributed by atoms with Crippen molar-refractivity contribution in [2.24, 2.45) is 0 Å². The van der Waals surface area contributed by atoms with Crippen LogP contribution in [-0.2, 0) is 4.79 Å². The number of phenolic OH excluding ortho intramolecular Hbond substituents is 1. The Hall–Kier alpha value is -3.15. The molecule has 0 amide bonds. The smallest absolute Gasteiger partial charge is 0.308 e. The molecule has 0 radical (unpaired) electrons. The third-order valence-corrected chi connectivity index (χ3v) is 3.38. The zero-order chi connectivity index (χ0) is 18.4. The lowest BCUT2D eigenvalue weighted by molar-refractivity contribution is -0.131. The fraction of sp³-hybridized carbons (Fsp3) is 0.211. The number of ether oxygens (including phenoxy) is 4. The second-order valence-electron chi connectivity index (χ2n) is 5.02. The first-order valence-corrected chi connectivity index (χ1v) is 7.52. The summed E-state index contributed by atoms with van der Waals surface area (Å²) < 4.78 is 21.8. The van der Waals surface area contributed by atoms with Crippen molar-refractivity contribution in [3.8, 4) is 39.9 Å². The van der Waals surface area contributed by atoms with Crippen LogP contribution in [0.3, 0.4) is 0 Å². The molecule has 0 saturated heterocycles. The number of hydrogen-bond donors (Lipinski definition) is 1. The fourth-order valence-electron chi connectivity index (χ4n) is 2.41. The van der Waals surface area contributed by atoms with Gasteiger partial charge in [-0.2, -0.15) is 0 Å². The lowest BCUT2D eigenvalue weighted by atomic mass is 10.0. The number of phenols is 1. The van der Waals surface area contributed by atoms with Crippen LogP contribution in [0.15, 0.2) is 43.0 Å². The van der Waals surface area contributed by atoms with E-state index in [1.807, 2.05) is 0 Å². The highest BCUT2D eigenvalue weighted by molar-refractivity contribution is 5.88. The summed E-state index contributed by atoms with van der Waals surface area (Å²) in [6.45, 7) is 5.13. The van der Waals surface area contributed by atoms with Crippen molar-refractivity contribution in [2.45, 2.75) is 6.92 Å². The van der Waals surface area contributed by atoms with Gasteiger partial charge >= 0.3 is 5.97 Å². The van der Waals surface area contributed by atoms with Crippen LogP contribution in [0, 0.1) is 0 Å². The molecule has 6 nitrogen and oxygen atoms in total. The maximum atomic E-state index is 11.4. The van der Waals surface area contributed by atoms with E-state index in [9.17, 15) is 9.90 Å². The summed E-state index contributed by atoms with van der Waals surface area (Å²) in [5.41, 5.74) is 0.686. The standard InChI is InChI=1S/C19H20O6/c1-5-11-24-19-16(23-4)10-9-14(22-3)18(19)17-13(21)7-6-8-15(17)25-12(2)20/h5-10,21H,1,11H2,2-4H3. The van der Waals surface area contributed by atoms with Crippen LogP contribution in [0.25, 0.3) is 11.1 Å². The molecule has 0 saturated carbocycles. The molecule has 1 N–H and O–H groups in total. The van der Waals surface area contributed by atoms with Crippen molar-refractivity contribution < 1.29 is 28.8 Å². The molecule has 0 unspecified atom stereocenters. The van der Waals surface area contributed by atoms with Crippen LogP contribution in [0.4, 0.5) is 0 Å². The van der Waals surface area contributed by atoms with Crippen LogP contribution < -0.4 is 18.9 Å². The van der Waals surface area contributed by atoms with Gasteiger partial charge in [-0.25, -0.2) is 0 Å². The van der Waals surface area contributed by atoms with Crippen molar-refractivity contribution in [2.75, 3.05) is 20.8 Å². The quantitative estimate of drug-likeness (QED) is 0.470. The van der Waals surface area contributed by atoms with E-state index in [0.29, 0.717) is 22.8 Å². The lowest BCUT2D eigenvalue weighted by Crippen LogP contribution is -2.05. The Morgan fingerprint density at radius 1 is 1.08 bits per heavy atom. The highest BCUT2D eigenvalue weighted by Crippen LogP contribution is 2.50. The molecule has 25 heavy (non-hydrogen) atoms. The Bertz CT molecular complexity index is 782. The summed E-state index contributed by atoms with van der Waals surface area (Å²) >= 11 is 0. The number of hydrogen-bond acceptors (Lipinski definition) is 6. The molecule has 0 aliphatic rings. The molecule has 0 heterocycles. The summed E-state index contributed by atoms with van der Waals surface area (Å²) in [6, 6.07) is 8.00. The van der Waals surface area contributed by atoms with E-state index in [0.717, 1.165) is 0 Å². The van der Waals surface area contributed by atoms with Gasteiger partial charge < -0.3 is 24.1 Å². The SMILES string of the molecule is C=CCOc1c(OC)ccc(OC)c1-c1c(O)cccc1OC(C)=O. The molecule has 0 spiro atoms. The number of carbonyl (C=O) groups excluding carboxylic acids is 1. The Kier molecular flexibility index (Phi) is 5.89. The number of rotatable bonds is 7. The highest BCUT2D eigenvalue weighted by atomic mass is 16.5. The van der Waals surface area contributed by atoms with Gasteiger partial charge in [0.1, 0.15) is 23.9 Å². The van der Waals surface area contributed by atoms with E-state index in [-0.39, 0.29) is 23.7 Å². The minimum Gasteiger partial charge on any atom is -0.507 e. The van der Waals surface area contributed by atoms with E-state index in [2.05, 4.69) is 6.58 Å². The zero-order valence-electron chi connectivity index (χ0n) is 14.4. The number of benzene rings is 2. The van der Waals surface area contributed by atoms with Crippen molar-refractivity contribution in [1.82, 2.24) is 0 Å². The molecule has 132 valence electrons. The van der Waals surface area contributed by atoms with E-state index >= 15 is 0 Å². The maximum absolute atomic E-state index is 11.4. The summed E-state index contributed by atoms with van der Waals surface area (Å²) in [6.07, 6.45) is 1.58. The number of aromatic hydroxyl groups is 1. The highest BCUT2D eigenvalue weighted by Gasteiger charge is 2.24. The van der Waals surface area contributed by atoms with Crippen LogP contribution in [0.2, 0.25) is 0 Å². The van der Waals surface area contributed by atoms with Gasteiger partial charge in [-0.1, -0.05) is 18.7 Å². The van der Waals surface area contributed by atoms with Gasteiger partial charge in [-0.3, -0.25) is 4.79 Å². The molecule has 2 aromatic rings. The van der Waals surface area contributed by atoms with Gasteiger partial charge in [0.25, 0.3) is 0 Å². The molecule has 0 fully saturated rings. The lowest BCUT2D eigenvalue weighted by Gasteiger charge is -2.19. The largest absolute Gasteiger partial charge is 0.507 e. The minimum absolute atomic E-state index is 0.0891. The molecule has 0 aliphatic carbocycles. The van der Waals surface area contributed by atoms with Gasteiger partial charge in [0.2, 0.25) is 0 Å². The van der Waals surface area contributed by atoms with Gasteiger partial charge in [0, 0.05) is 6.92 Å². The third-order valence-electron chi connectivity index (χ3n) is 3.38. The average molecular weight is 344 g/mol. The zero-order valence-corrected chi connectivity index (χ0v) is 14.4. The van der Waals surface area contributed by atoms with Gasteiger partial charge in [-0.05, 0) is 24.3 Å². The molecule has 0 aromatic heterocycles. The molecule has 2 aromatic carbocycles. The first-order chi connectivity index (χ1) is 12.0. The number of esters is 1. The fourth-order valence-corrected chi connectivity index (χ4v) is 2.41. The second-order valence-corrected chi connectivity index (χ2v) is 5.02. The van der Waals surface area contributed by atoms with E-state index in [1.165, 1.54) is 27.2 Å². The van der Waals surface area contributed by atoms with Crippen molar-refractivity contribution >= 4 is 5.97 Å². The first kappa shape index (κ1) is 18.2. The normalized spacial score (nSPS) is 10.0. The molecule has 6 heteroatoms. The first-order valence-electron chi connectivity index (χ1n) is 7.52. The topological polar surface area (TPSA) is 74.2 Å². The molecule has 0 atom stereocenters. The predicted molar refractivity (Wildman–Crippen MR) is 93.6 cm³/mol. The van der Waals surface area contributed by atoms with Crippen LogP contribution in [-0.4, -0.2) is 31.9 Å². The molecular weight excluding hydrogens is 324 g/mol. The van der Waals surface area contributed by atoms with Crippen molar-refractivity contribution in [1.29, 1.82) is 0 Å². The van der Waals surface area contributed by atoms with Crippen molar-refractivity contribution in [3.63, 3.8) is 0 Å². The van der Waals surface area contributed by atoms with Gasteiger partial charge in [0.05, 0.1) is 25.3 Å². The Balaban J connectivity index is 2.80. The number of methoxy groups -OCH3 is 2. The summed E-state index contributed by atoms with van der Waals surface area (Å²) in [5.74, 6) is 0.791. The molecule has 0 aliphatic heterocycles. The Morgan fingerprint density at radius 3 is 2.36 bits per heavy atom. The number of carbonyl (C=O) groups is 1. The van der Waals surface area contributed by atoms with E-state index in [4.69, 9.17) is 18.9 Å². The van der Waals surface area contributed by atoms with E-state index < -0.39 is 5.97 Å². The molecular formula is C19H20O6. The van der Waals surface area contributed by atoms with Crippen LogP contribution >= 0.6 is 0 Å². The Morgan fingerprint density at radius 2 is 1.76 bits per heavy atom. The average Bonchev–Trinajstić information content (AvgIpc) is 2.59. The predicted octanol–water partition coefficient (Wildman–Crippen LogP) is 3.57. The summed E-state index contributed by atoms with van der Waals surface area (Å²) in [4.78, 5) is 11.4. The van der Waals surface area contributed by atoms with Crippen LogP contribution in [0.1, 0.15) is 6.92 Å². The maximum Gasteiger partial charge on any atom is 0.308 e. The second kappa shape index (κ2) is 8.10. The minimum atomic E-state index is -0.512. The third kappa shape index (κ3) is 3.85. The van der Waals surface area contributed by atoms with Gasteiger partial charge in [0.15, 0.2) is 11.5 Å². The summed E-state index contributed by atoms with van der Waals surface area (Å²) in [5, 5.41) is 10.4. The molecule has 0 bridgehead atoms. The van der Waals surface area contributed by atoms with Crippen molar-refractivity contribution in [3.05, 3.63) is 43.0 Å². The molecule has 2 rings (SSSR count).